The Morgan fingerprint density at radius 3 is 2.35 bits per heavy atom. The van der Waals surface area contributed by atoms with Crippen molar-refractivity contribution in [2.75, 3.05) is 13.1 Å². The number of amides is 2. The Balaban J connectivity index is 0.00000432. The van der Waals surface area contributed by atoms with Crippen LogP contribution in [0.15, 0.2) is 18.2 Å². The number of rotatable bonds is 6. The Morgan fingerprint density at radius 2 is 1.74 bits per heavy atom. The zero-order valence-electron chi connectivity index (χ0n) is 21.5. The van der Waals surface area contributed by atoms with E-state index in [-0.39, 0.29) is 36.4 Å². The molecule has 2 fully saturated rings. The van der Waals surface area contributed by atoms with Gasteiger partial charge in [-0.1, -0.05) is 66.0 Å². The zero-order chi connectivity index (χ0) is 25.0. The second kappa shape index (κ2) is 11.0. The fourth-order valence-corrected chi connectivity index (χ4v) is 5.40. The van der Waals surface area contributed by atoms with E-state index in [1.165, 1.54) is 6.07 Å². The van der Waals surface area contributed by atoms with E-state index in [0.29, 0.717) is 18.7 Å². The molecule has 1 aromatic carbocycles. The molecule has 1 N–H and O–H groups in total. The molecular formula is C28H43FN2O3. The van der Waals surface area contributed by atoms with Gasteiger partial charge in [0.1, 0.15) is 5.82 Å². The van der Waals surface area contributed by atoms with E-state index >= 15 is 4.39 Å². The van der Waals surface area contributed by atoms with Crippen LogP contribution in [0.2, 0.25) is 0 Å². The molecule has 1 aromatic rings. The average Bonchev–Trinajstić information content (AvgIpc) is 2.81. The van der Waals surface area contributed by atoms with Crippen LogP contribution in [0.25, 0.3) is 0 Å². The first-order valence-corrected chi connectivity index (χ1v) is 12.9. The third-order valence-corrected chi connectivity index (χ3v) is 7.35. The van der Waals surface area contributed by atoms with Gasteiger partial charge in [0.2, 0.25) is 5.91 Å². The summed E-state index contributed by atoms with van der Waals surface area (Å²) in [4.78, 5) is 40.8. The lowest BCUT2D eigenvalue weighted by atomic mass is 9.80. The number of likely N-dealkylation sites (tertiary alicyclic amines) is 1. The van der Waals surface area contributed by atoms with Gasteiger partial charge in [0.15, 0.2) is 5.78 Å². The smallest absolute Gasteiger partial charge is 0.254 e. The Kier molecular flexibility index (Phi) is 8.53. The Hall–Kier alpha value is -2.24. The maximum Gasteiger partial charge on any atom is 0.254 e. The highest BCUT2D eigenvalue weighted by atomic mass is 19.1. The van der Waals surface area contributed by atoms with Crippen molar-refractivity contribution < 1.29 is 20.2 Å². The normalized spacial score (nSPS) is 20.8. The minimum absolute atomic E-state index is 0. The number of nitrogens with one attached hydrogen (secondary N) is 1. The van der Waals surface area contributed by atoms with E-state index in [4.69, 9.17) is 0 Å². The lowest BCUT2D eigenvalue weighted by Crippen LogP contribution is -2.48. The van der Waals surface area contributed by atoms with Gasteiger partial charge in [-0.25, -0.2) is 4.39 Å². The number of ketones is 1. The standard InChI is InChI=1S/C28H41FN2O3.H2/c1-18(2)25(32)24(19-11-7-6-8-12-19)30-26(33)22-15-9-14-21(23(22)29)20-13-10-16-31(17-20)27(34)28(3,4)5;/h9,14-15,18-20,24H,6-8,10-13,16-17H2,1-5H3,(H,30,33);1H/t20-,24+;/m0./s1. The molecule has 0 spiro atoms. The number of benzene rings is 1. The maximum atomic E-state index is 15.7. The number of piperidine rings is 1. The molecule has 0 radical (unpaired) electrons. The molecule has 1 aliphatic heterocycles. The van der Waals surface area contributed by atoms with Crippen LogP contribution in [-0.4, -0.2) is 41.6 Å². The summed E-state index contributed by atoms with van der Waals surface area (Å²) in [6.07, 6.45) is 6.65. The van der Waals surface area contributed by atoms with Gasteiger partial charge in [-0.3, -0.25) is 14.4 Å². The van der Waals surface area contributed by atoms with E-state index < -0.39 is 23.2 Å². The minimum Gasteiger partial charge on any atom is -0.342 e. The summed E-state index contributed by atoms with van der Waals surface area (Å²) in [6.45, 7) is 10.5. The van der Waals surface area contributed by atoms with Crippen LogP contribution in [0.1, 0.15) is 103 Å². The van der Waals surface area contributed by atoms with Crippen LogP contribution >= 0.6 is 0 Å². The van der Waals surface area contributed by atoms with E-state index in [9.17, 15) is 14.4 Å². The molecule has 0 aromatic heterocycles. The highest BCUT2D eigenvalue weighted by Crippen LogP contribution is 2.33. The van der Waals surface area contributed by atoms with Crippen LogP contribution in [0.3, 0.4) is 0 Å². The molecule has 6 heteroatoms. The quantitative estimate of drug-likeness (QED) is 0.573. The van der Waals surface area contributed by atoms with Crippen molar-refractivity contribution in [1.29, 1.82) is 0 Å². The molecule has 0 bridgehead atoms. The number of hydrogen-bond donors (Lipinski definition) is 1. The molecule has 3 rings (SSSR count). The summed E-state index contributed by atoms with van der Waals surface area (Å²) in [6, 6.07) is 4.34. The van der Waals surface area contributed by atoms with Gasteiger partial charge in [-0.15, -0.1) is 0 Å². The van der Waals surface area contributed by atoms with Crippen molar-refractivity contribution in [2.45, 2.75) is 91.5 Å². The van der Waals surface area contributed by atoms with Gasteiger partial charge in [-0.2, -0.15) is 0 Å². The van der Waals surface area contributed by atoms with Gasteiger partial charge in [0.25, 0.3) is 5.91 Å². The predicted octanol–water partition coefficient (Wildman–Crippen LogP) is 5.73. The average molecular weight is 475 g/mol. The molecule has 2 aliphatic rings. The molecule has 2 amide bonds. The SMILES string of the molecule is CC(C)C(=O)[C@H](NC(=O)c1cccc([C@H]2CCCN(C(=O)C(C)(C)C)C2)c1F)C1CCCCC1.[HH]. The highest BCUT2D eigenvalue weighted by molar-refractivity contribution is 5.98. The third-order valence-electron chi connectivity index (χ3n) is 7.35. The first-order chi connectivity index (χ1) is 16.0. The first kappa shape index (κ1) is 26.4. The van der Waals surface area contributed by atoms with Crippen LogP contribution in [0, 0.1) is 23.1 Å². The van der Waals surface area contributed by atoms with Crippen molar-refractivity contribution >= 4 is 17.6 Å². The fraction of sp³-hybridized carbons (Fsp3) is 0.679. The summed E-state index contributed by atoms with van der Waals surface area (Å²) < 4.78 is 15.7. The number of carbonyl (C=O) groups is 3. The van der Waals surface area contributed by atoms with E-state index in [0.717, 1.165) is 44.9 Å². The molecule has 190 valence electrons. The van der Waals surface area contributed by atoms with Crippen molar-refractivity contribution in [3.8, 4) is 0 Å². The van der Waals surface area contributed by atoms with E-state index in [1.807, 2.05) is 39.5 Å². The van der Waals surface area contributed by atoms with Gasteiger partial charge in [0.05, 0.1) is 11.6 Å². The molecule has 34 heavy (non-hydrogen) atoms. The van der Waals surface area contributed by atoms with Crippen LogP contribution < -0.4 is 5.32 Å². The van der Waals surface area contributed by atoms with Gasteiger partial charge >= 0.3 is 0 Å². The Labute approximate surface area is 205 Å². The monoisotopic (exact) mass is 474 g/mol. The number of halogens is 1. The van der Waals surface area contributed by atoms with Crippen LogP contribution in [0.5, 0.6) is 0 Å². The van der Waals surface area contributed by atoms with Crippen LogP contribution in [-0.2, 0) is 9.59 Å². The van der Waals surface area contributed by atoms with E-state index in [2.05, 4.69) is 5.32 Å². The third kappa shape index (κ3) is 6.05. The molecule has 0 unspecified atom stereocenters. The van der Waals surface area contributed by atoms with Crippen molar-refractivity contribution in [2.24, 2.45) is 17.3 Å². The molecule has 1 saturated heterocycles. The highest BCUT2D eigenvalue weighted by Gasteiger charge is 2.35. The molecule has 2 atom stereocenters. The lowest BCUT2D eigenvalue weighted by molar-refractivity contribution is -0.140. The van der Waals surface area contributed by atoms with Crippen molar-refractivity contribution in [3.63, 3.8) is 0 Å². The summed E-state index contributed by atoms with van der Waals surface area (Å²) in [5.74, 6) is -1.23. The summed E-state index contributed by atoms with van der Waals surface area (Å²) in [5, 5.41) is 2.91. The summed E-state index contributed by atoms with van der Waals surface area (Å²) in [5.41, 5.74) is -0.0307. The Morgan fingerprint density at radius 1 is 1.06 bits per heavy atom. The molecule has 1 aliphatic carbocycles. The first-order valence-electron chi connectivity index (χ1n) is 12.9. The maximum absolute atomic E-state index is 15.7. The molecule has 5 nitrogen and oxygen atoms in total. The van der Waals surface area contributed by atoms with Crippen LogP contribution in [0.4, 0.5) is 4.39 Å². The lowest BCUT2D eigenvalue weighted by Gasteiger charge is -2.37. The van der Waals surface area contributed by atoms with Gasteiger partial charge in [-0.05, 0) is 43.2 Å². The van der Waals surface area contributed by atoms with Gasteiger partial charge in [0, 0.05) is 31.8 Å². The summed E-state index contributed by atoms with van der Waals surface area (Å²) >= 11 is 0. The topological polar surface area (TPSA) is 66.5 Å². The number of Topliss-reactive ketones (excluding diaryl/α,β-unsaturated/α-hetero) is 1. The second-order valence-electron chi connectivity index (χ2n) is 11.5. The minimum atomic E-state index is -0.578. The van der Waals surface area contributed by atoms with Crippen molar-refractivity contribution in [3.05, 3.63) is 35.1 Å². The second-order valence-corrected chi connectivity index (χ2v) is 11.5. The summed E-state index contributed by atoms with van der Waals surface area (Å²) in [7, 11) is 0. The predicted molar refractivity (Wildman–Crippen MR) is 134 cm³/mol. The number of carbonyl (C=O) groups excluding carboxylic acids is 3. The molecular weight excluding hydrogens is 431 g/mol. The number of hydrogen-bond acceptors (Lipinski definition) is 3. The largest absolute Gasteiger partial charge is 0.342 e. The zero-order valence-corrected chi connectivity index (χ0v) is 21.5. The van der Waals surface area contributed by atoms with E-state index in [1.54, 1.807) is 12.1 Å². The molecule has 1 saturated carbocycles. The number of nitrogens with zero attached hydrogens (tertiary/aromatic N) is 1. The van der Waals surface area contributed by atoms with Crippen molar-refractivity contribution in [1.82, 2.24) is 10.2 Å². The molecule has 1 heterocycles. The Bertz CT molecular complexity index is 906. The fourth-order valence-electron chi connectivity index (χ4n) is 5.40. The van der Waals surface area contributed by atoms with Gasteiger partial charge < -0.3 is 10.2 Å².